The number of hydrogen-bond acceptors (Lipinski definition) is 4. The molecule has 5 nitrogen and oxygen atoms in total. The summed E-state index contributed by atoms with van der Waals surface area (Å²) in [6, 6.07) is 6.69. The maximum absolute atomic E-state index is 4.55. The Bertz CT molecular complexity index is 865. The molecule has 0 aliphatic heterocycles. The van der Waals surface area contributed by atoms with Gasteiger partial charge in [-0.3, -0.25) is 9.38 Å². The largest absolute Gasteiger partial charge is 0.304 e. The van der Waals surface area contributed by atoms with E-state index in [2.05, 4.69) is 43.7 Å². The molecule has 0 spiro atoms. The van der Waals surface area contributed by atoms with E-state index in [0.29, 0.717) is 12.0 Å². The third-order valence-corrected chi connectivity index (χ3v) is 5.53. The Balaban J connectivity index is 1.59. The van der Waals surface area contributed by atoms with E-state index >= 15 is 0 Å². The summed E-state index contributed by atoms with van der Waals surface area (Å²) in [5, 5.41) is 3.81. The lowest BCUT2D eigenvalue weighted by atomic mass is 9.81. The third kappa shape index (κ3) is 3.49. The fourth-order valence-electron chi connectivity index (χ4n) is 4.32. The standard InChI is InChI=1S/C21H27N5/c1-15-11-16(2)26-19(14-24-21(26)25-15)13-23-20(17-7-4-3-5-8-17)18-9-6-10-22-12-18/h6,9-12,14,17,20,23H,3-5,7-8,13H2,1-2H3/t20-/m0/s1. The van der Waals surface area contributed by atoms with Crippen molar-refractivity contribution in [1.82, 2.24) is 24.7 Å². The van der Waals surface area contributed by atoms with Gasteiger partial charge in [-0.25, -0.2) is 9.97 Å². The van der Waals surface area contributed by atoms with Crippen LogP contribution < -0.4 is 5.32 Å². The molecule has 0 unspecified atom stereocenters. The van der Waals surface area contributed by atoms with Crippen LogP contribution in [-0.2, 0) is 6.54 Å². The molecule has 1 aliphatic rings. The normalized spacial score (nSPS) is 16.8. The van der Waals surface area contributed by atoms with Gasteiger partial charge in [0.1, 0.15) is 0 Å². The molecule has 0 radical (unpaired) electrons. The molecule has 1 fully saturated rings. The third-order valence-electron chi connectivity index (χ3n) is 5.53. The van der Waals surface area contributed by atoms with Gasteiger partial charge >= 0.3 is 0 Å². The van der Waals surface area contributed by atoms with Gasteiger partial charge in [-0.15, -0.1) is 0 Å². The summed E-state index contributed by atoms with van der Waals surface area (Å²) in [4.78, 5) is 13.4. The van der Waals surface area contributed by atoms with Crippen LogP contribution in [0, 0.1) is 19.8 Å². The average molecular weight is 349 g/mol. The zero-order chi connectivity index (χ0) is 17.9. The Labute approximate surface area is 154 Å². The van der Waals surface area contributed by atoms with Crippen molar-refractivity contribution in [2.24, 2.45) is 5.92 Å². The van der Waals surface area contributed by atoms with Gasteiger partial charge in [-0.1, -0.05) is 25.3 Å². The van der Waals surface area contributed by atoms with Gasteiger partial charge in [0.05, 0.1) is 11.9 Å². The van der Waals surface area contributed by atoms with Gasteiger partial charge in [0.15, 0.2) is 0 Å². The Morgan fingerprint density at radius 2 is 2.04 bits per heavy atom. The van der Waals surface area contributed by atoms with Crippen molar-refractivity contribution in [3.8, 4) is 0 Å². The second kappa shape index (κ2) is 7.54. The highest BCUT2D eigenvalue weighted by Gasteiger charge is 2.25. The molecule has 4 rings (SSSR count). The minimum atomic E-state index is 0.341. The predicted octanol–water partition coefficient (Wildman–Crippen LogP) is 4.15. The fourth-order valence-corrected chi connectivity index (χ4v) is 4.32. The van der Waals surface area contributed by atoms with Crippen LogP contribution in [-0.4, -0.2) is 19.4 Å². The van der Waals surface area contributed by atoms with E-state index in [1.807, 2.05) is 31.6 Å². The Morgan fingerprint density at radius 1 is 1.19 bits per heavy atom. The molecule has 136 valence electrons. The van der Waals surface area contributed by atoms with E-state index in [1.54, 1.807) is 0 Å². The molecule has 1 N–H and O–H groups in total. The van der Waals surface area contributed by atoms with Crippen LogP contribution in [0.3, 0.4) is 0 Å². The zero-order valence-electron chi connectivity index (χ0n) is 15.7. The van der Waals surface area contributed by atoms with E-state index in [4.69, 9.17) is 0 Å². The molecule has 1 aliphatic carbocycles. The lowest BCUT2D eigenvalue weighted by molar-refractivity contribution is 0.269. The van der Waals surface area contributed by atoms with Gasteiger partial charge in [0, 0.05) is 36.4 Å². The molecule has 5 heteroatoms. The molecule has 26 heavy (non-hydrogen) atoms. The highest BCUT2D eigenvalue weighted by atomic mass is 15.1. The molecule has 1 saturated carbocycles. The van der Waals surface area contributed by atoms with Gasteiger partial charge < -0.3 is 5.32 Å². The highest BCUT2D eigenvalue weighted by molar-refractivity contribution is 5.35. The monoisotopic (exact) mass is 349 g/mol. The minimum Gasteiger partial charge on any atom is -0.304 e. The number of aromatic nitrogens is 4. The Kier molecular flexibility index (Phi) is 4.98. The van der Waals surface area contributed by atoms with Crippen molar-refractivity contribution in [2.45, 2.75) is 58.5 Å². The van der Waals surface area contributed by atoms with Crippen LogP contribution in [0.4, 0.5) is 0 Å². The number of nitrogens with zero attached hydrogens (tertiary/aromatic N) is 4. The van der Waals surface area contributed by atoms with Crippen LogP contribution in [0.2, 0.25) is 0 Å². The van der Waals surface area contributed by atoms with E-state index in [1.165, 1.54) is 43.4 Å². The lowest BCUT2D eigenvalue weighted by Crippen LogP contribution is -2.30. The summed E-state index contributed by atoms with van der Waals surface area (Å²) in [5.41, 5.74) is 4.64. The van der Waals surface area contributed by atoms with Crippen molar-refractivity contribution in [2.75, 3.05) is 0 Å². The topological polar surface area (TPSA) is 55.1 Å². The number of pyridine rings is 1. The first-order valence-electron chi connectivity index (χ1n) is 9.66. The summed E-state index contributed by atoms with van der Waals surface area (Å²) in [5.74, 6) is 1.46. The SMILES string of the molecule is Cc1cc(C)n2c(CN[C@H](c3cccnc3)C3CCCCC3)cnc2n1. The molecule has 3 aromatic rings. The average Bonchev–Trinajstić information content (AvgIpc) is 3.07. The van der Waals surface area contributed by atoms with Crippen LogP contribution in [0.15, 0.2) is 36.8 Å². The first kappa shape index (κ1) is 17.2. The first-order valence-corrected chi connectivity index (χ1v) is 9.66. The number of nitrogens with one attached hydrogen (secondary N) is 1. The minimum absolute atomic E-state index is 0.341. The van der Waals surface area contributed by atoms with Gasteiger partial charge in [-0.05, 0) is 50.3 Å². The quantitative estimate of drug-likeness (QED) is 0.752. The maximum atomic E-state index is 4.55. The van der Waals surface area contributed by atoms with Crippen molar-refractivity contribution < 1.29 is 0 Å². The molecule has 0 amide bonds. The van der Waals surface area contributed by atoms with Gasteiger partial charge in [0.25, 0.3) is 0 Å². The molecular weight excluding hydrogens is 322 g/mol. The molecule has 0 aromatic carbocycles. The van der Waals surface area contributed by atoms with E-state index in [0.717, 1.165) is 23.7 Å². The molecule has 1 atom stereocenters. The summed E-state index contributed by atoms with van der Waals surface area (Å²) in [6.45, 7) is 4.91. The van der Waals surface area contributed by atoms with Crippen molar-refractivity contribution in [3.05, 3.63) is 59.4 Å². The number of fused-ring (bicyclic) bond motifs is 1. The van der Waals surface area contributed by atoms with Gasteiger partial charge in [0.2, 0.25) is 5.78 Å². The van der Waals surface area contributed by atoms with Gasteiger partial charge in [-0.2, -0.15) is 0 Å². The second-order valence-corrected chi connectivity index (χ2v) is 7.47. The van der Waals surface area contributed by atoms with Crippen LogP contribution >= 0.6 is 0 Å². The Morgan fingerprint density at radius 3 is 2.81 bits per heavy atom. The lowest BCUT2D eigenvalue weighted by Gasteiger charge is -2.31. The maximum Gasteiger partial charge on any atom is 0.234 e. The summed E-state index contributed by atoms with van der Waals surface area (Å²) < 4.78 is 2.15. The number of imidazole rings is 1. The molecule has 3 heterocycles. The molecule has 0 saturated heterocycles. The predicted molar refractivity (Wildman–Crippen MR) is 103 cm³/mol. The Hall–Kier alpha value is -2.27. The van der Waals surface area contributed by atoms with Crippen molar-refractivity contribution >= 4 is 5.78 Å². The van der Waals surface area contributed by atoms with E-state index in [-0.39, 0.29) is 0 Å². The van der Waals surface area contributed by atoms with Crippen LogP contribution in [0.25, 0.3) is 5.78 Å². The number of rotatable bonds is 5. The first-order chi connectivity index (χ1) is 12.7. The number of aryl methyl sites for hydroxylation is 2. The summed E-state index contributed by atoms with van der Waals surface area (Å²) >= 11 is 0. The summed E-state index contributed by atoms with van der Waals surface area (Å²) in [6.07, 6.45) is 12.4. The molecule has 0 bridgehead atoms. The second-order valence-electron chi connectivity index (χ2n) is 7.47. The van der Waals surface area contributed by atoms with Crippen LogP contribution in [0.1, 0.15) is 60.8 Å². The fraction of sp³-hybridized carbons (Fsp3) is 0.476. The molecular formula is C21H27N5. The zero-order valence-corrected chi connectivity index (χ0v) is 15.7. The summed E-state index contributed by atoms with van der Waals surface area (Å²) in [7, 11) is 0. The smallest absolute Gasteiger partial charge is 0.234 e. The van der Waals surface area contributed by atoms with Crippen molar-refractivity contribution in [3.63, 3.8) is 0 Å². The van der Waals surface area contributed by atoms with E-state index < -0.39 is 0 Å². The highest BCUT2D eigenvalue weighted by Crippen LogP contribution is 2.34. The number of hydrogen-bond donors (Lipinski definition) is 1. The molecule has 3 aromatic heterocycles. The van der Waals surface area contributed by atoms with Crippen LogP contribution in [0.5, 0.6) is 0 Å². The van der Waals surface area contributed by atoms with Crippen molar-refractivity contribution in [1.29, 1.82) is 0 Å². The van der Waals surface area contributed by atoms with E-state index in [9.17, 15) is 0 Å².